The van der Waals surface area contributed by atoms with E-state index < -0.39 is 24.5 Å². The molecule has 0 spiro atoms. The van der Waals surface area contributed by atoms with Gasteiger partial charge in [-0.05, 0) is 33.6 Å². The zero-order valence-corrected chi connectivity index (χ0v) is 17.5. The van der Waals surface area contributed by atoms with Gasteiger partial charge in [0.1, 0.15) is 16.7 Å². The fraction of sp³-hybridized carbons (Fsp3) is 0.176. The fourth-order valence-corrected chi connectivity index (χ4v) is 3.06. The van der Waals surface area contributed by atoms with Gasteiger partial charge in [0, 0.05) is 16.4 Å². The first kappa shape index (κ1) is 22.0. The van der Waals surface area contributed by atoms with Gasteiger partial charge in [0.15, 0.2) is 5.84 Å². The van der Waals surface area contributed by atoms with Crippen LogP contribution in [0, 0.1) is 0 Å². The molecule has 11 heteroatoms. The highest BCUT2D eigenvalue weighted by atomic mass is 79.9. The van der Waals surface area contributed by atoms with Gasteiger partial charge < -0.3 is 15.9 Å². The number of amides is 1. The van der Waals surface area contributed by atoms with E-state index in [4.69, 9.17) is 22.4 Å². The first-order valence-corrected chi connectivity index (χ1v) is 9.92. The third-order valence-corrected chi connectivity index (χ3v) is 4.89. The summed E-state index contributed by atoms with van der Waals surface area (Å²) in [6.07, 6.45) is 0.537. The number of carboxylic acids is 1. The van der Waals surface area contributed by atoms with Gasteiger partial charge in [-0.15, -0.1) is 11.3 Å². The quantitative estimate of drug-likeness (QED) is 0.238. The number of nitrogens with two attached hydrogens (primary N) is 1. The van der Waals surface area contributed by atoms with Crippen LogP contribution in [0.5, 0.6) is 0 Å². The number of benzene rings is 1. The van der Waals surface area contributed by atoms with Gasteiger partial charge in [-0.2, -0.15) is 0 Å². The molecule has 0 aliphatic rings. The van der Waals surface area contributed by atoms with Crippen LogP contribution in [-0.2, 0) is 9.59 Å². The molecule has 4 N–H and O–H groups in total. The second-order valence-electron chi connectivity index (χ2n) is 5.46. The van der Waals surface area contributed by atoms with Crippen molar-refractivity contribution in [2.24, 2.45) is 10.7 Å². The van der Waals surface area contributed by atoms with Crippen LogP contribution >= 0.6 is 38.9 Å². The molecule has 1 unspecified atom stereocenters. The molecular formula is C17H16BrClN4O4S. The number of aliphatic imine (C=N–C) groups is 1. The monoisotopic (exact) mass is 486 g/mol. The molecule has 1 aromatic carbocycles. The van der Waals surface area contributed by atoms with Crippen LogP contribution in [0.25, 0.3) is 0 Å². The lowest BCUT2D eigenvalue weighted by molar-refractivity contribution is -0.140. The average Bonchev–Trinajstić information content (AvgIpc) is 3.20. The summed E-state index contributed by atoms with van der Waals surface area (Å²) in [4.78, 5) is 33.2. The summed E-state index contributed by atoms with van der Waals surface area (Å²) >= 11 is 10.0. The van der Waals surface area contributed by atoms with Gasteiger partial charge in [0.25, 0.3) is 5.91 Å². The van der Waals surface area contributed by atoms with E-state index in [0.717, 1.165) is 10.5 Å². The van der Waals surface area contributed by atoms with E-state index in [9.17, 15) is 14.7 Å². The summed E-state index contributed by atoms with van der Waals surface area (Å²) in [6, 6.07) is 6.41. The van der Waals surface area contributed by atoms with Crippen molar-refractivity contribution in [1.82, 2.24) is 9.88 Å². The second kappa shape index (κ2) is 10.3. The first-order valence-electron chi connectivity index (χ1n) is 7.81. The second-order valence-corrected chi connectivity index (χ2v) is 7.47. The Morgan fingerprint density at radius 1 is 1.39 bits per heavy atom. The van der Waals surface area contributed by atoms with Crippen molar-refractivity contribution in [3.8, 4) is 0 Å². The van der Waals surface area contributed by atoms with Crippen molar-refractivity contribution in [1.29, 1.82) is 0 Å². The number of aliphatic hydroxyl groups excluding tert-OH is 1. The van der Waals surface area contributed by atoms with Crippen molar-refractivity contribution in [3.63, 3.8) is 0 Å². The molecule has 8 nitrogen and oxygen atoms in total. The Hall–Kier alpha value is -2.27. The molecule has 0 saturated heterocycles. The van der Waals surface area contributed by atoms with E-state index >= 15 is 0 Å². The molecule has 0 aliphatic carbocycles. The smallest absolute Gasteiger partial charge is 0.323 e. The van der Waals surface area contributed by atoms with Crippen molar-refractivity contribution < 1.29 is 19.8 Å². The van der Waals surface area contributed by atoms with E-state index in [-0.39, 0.29) is 16.9 Å². The Morgan fingerprint density at radius 3 is 2.61 bits per heavy atom. The Morgan fingerprint density at radius 2 is 2.07 bits per heavy atom. The molecule has 1 heterocycles. The summed E-state index contributed by atoms with van der Waals surface area (Å²) in [6.45, 7) is -0.604. The molecular weight excluding hydrogens is 472 g/mol. The molecule has 2 rings (SSSR count). The van der Waals surface area contributed by atoms with Crippen LogP contribution in [0.4, 0.5) is 0 Å². The Bertz CT molecular complexity index is 887. The van der Waals surface area contributed by atoms with Gasteiger partial charge in [-0.25, -0.2) is 4.98 Å². The first-order chi connectivity index (χ1) is 13.3. The zero-order chi connectivity index (χ0) is 20.7. The molecule has 148 valence electrons. The maximum absolute atomic E-state index is 12.5. The average molecular weight is 488 g/mol. The molecule has 0 saturated carbocycles. The van der Waals surface area contributed by atoms with Crippen molar-refractivity contribution in [2.45, 2.75) is 6.04 Å². The summed E-state index contributed by atoms with van der Waals surface area (Å²) in [5, 5.41) is 20.5. The number of hydrogen-bond donors (Lipinski definition) is 3. The number of thiazole rings is 1. The number of aliphatic carboxylic acids is 1. The van der Waals surface area contributed by atoms with Gasteiger partial charge in [-0.1, -0.05) is 23.7 Å². The number of carbonyl (C=O) groups is 2. The van der Waals surface area contributed by atoms with Crippen molar-refractivity contribution >= 4 is 56.6 Å². The summed E-state index contributed by atoms with van der Waals surface area (Å²) in [5.41, 5.74) is 8.79. The largest absolute Gasteiger partial charge is 0.514 e. The standard InChI is InChI=1S/C17H16BrClN4O4S/c18-12(7-24)17(27)23(6-15(25)26)16(14-8-28-9-22-14)21-5-13(20)10-1-3-11(19)4-2-10/h1-4,7-9,13,24H,5-6,20H2,(H,25,26)/b12-7-,21-16?. The number of hydrogen-bond acceptors (Lipinski definition) is 7. The zero-order valence-electron chi connectivity index (χ0n) is 14.3. The highest BCUT2D eigenvalue weighted by molar-refractivity contribution is 9.12. The molecule has 0 aliphatic heterocycles. The molecule has 0 fully saturated rings. The number of aromatic nitrogens is 1. The number of carboxylic acid groups (broad SMARTS) is 1. The van der Waals surface area contributed by atoms with Gasteiger partial charge in [0.2, 0.25) is 0 Å². The highest BCUT2D eigenvalue weighted by Crippen LogP contribution is 2.18. The number of amidine groups is 1. The minimum Gasteiger partial charge on any atom is -0.514 e. The van der Waals surface area contributed by atoms with E-state index in [1.54, 1.807) is 29.6 Å². The predicted octanol–water partition coefficient (Wildman–Crippen LogP) is 2.95. The number of rotatable bonds is 7. The van der Waals surface area contributed by atoms with E-state index in [0.29, 0.717) is 17.0 Å². The highest BCUT2D eigenvalue weighted by Gasteiger charge is 2.27. The van der Waals surface area contributed by atoms with Crippen LogP contribution in [-0.4, -0.2) is 50.9 Å². The molecule has 2 aromatic rings. The third-order valence-electron chi connectivity index (χ3n) is 3.51. The van der Waals surface area contributed by atoms with Crippen LogP contribution in [0.3, 0.4) is 0 Å². The van der Waals surface area contributed by atoms with Crippen LogP contribution in [0.15, 0.2) is 50.9 Å². The Labute approximate surface area is 178 Å². The summed E-state index contributed by atoms with van der Waals surface area (Å²) in [7, 11) is 0. The molecule has 28 heavy (non-hydrogen) atoms. The minimum atomic E-state index is -1.25. The van der Waals surface area contributed by atoms with Gasteiger partial charge in [-0.3, -0.25) is 19.5 Å². The van der Waals surface area contributed by atoms with Gasteiger partial charge in [0.05, 0.1) is 18.3 Å². The lowest BCUT2D eigenvalue weighted by Crippen LogP contribution is -2.41. The van der Waals surface area contributed by atoms with Crippen LogP contribution < -0.4 is 5.73 Å². The van der Waals surface area contributed by atoms with E-state index in [2.05, 4.69) is 25.9 Å². The maximum atomic E-state index is 12.5. The third kappa shape index (κ3) is 5.86. The molecule has 1 atom stereocenters. The molecule has 0 radical (unpaired) electrons. The van der Waals surface area contributed by atoms with Crippen molar-refractivity contribution in [2.75, 3.05) is 13.1 Å². The number of nitrogens with zero attached hydrogens (tertiary/aromatic N) is 3. The van der Waals surface area contributed by atoms with Gasteiger partial charge >= 0.3 is 5.97 Å². The van der Waals surface area contributed by atoms with E-state index in [1.165, 1.54) is 16.8 Å². The molecule has 1 aromatic heterocycles. The van der Waals surface area contributed by atoms with Crippen LogP contribution in [0.2, 0.25) is 5.02 Å². The minimum absolute atomic E-state index is 0.0388. The number of carbonyl (C=O) groups excluding carboxylic acids is 1. The van der Waals surface area contributed by atoms with E-state index in [1.807, 2.05) is 0 Å². The number of aliphatic hydroxyl groups is 1. The normalized spacial score (nSPS) is 13.2. The lowest BCUT2D eigenvalue weighted by atomic mass is 10.1. The summed E-state index contributed by atoms with van der Waals surface area (Å²) < 4.78 is -0.223. The Balaban J connectivity index is 2.38. The van der Waals surface area contributed by atoms with Crippen LogP contribution in [0.1, 0.15) is 17.3 Å². The SMILES string of the molecule is NC(CN=C(c1cscn1)N(CC(=O)O)C(=O)/C(Br)=C/O)c1ccc(Cl)cc1. The number of halogens is 2. The predicted molar refractivity (Wildman–Crippen MR) is 111 cm³/mol. The van der Waals surface area contributed by atoms with Crippen molar-refractivity contribution in [3.05, 3.63) is 62.2 Å². The fourth-order valence-electron chi connectivity index (χ4n) is 2.19. The summed E-state index contributed by atoms with van der Waals surface area (Å²) in [5.74, 6) is -2.00. The lowest BCUT2D eigenvalue weighted by Gasteiger charge is -2.22. The molecule has 1 amide bonds. The maximum Gasteiger partial charge on any atom is 0.323 e. The topological polar surface area (TPSA) is 129 Å². The Kier molecular flexibility index (Phi) is 8.12. The molecule has 0 bridgehead atoms.